The number of anilines is 2. The van der Waals surface area contributed by atoms with Gasteiger partial charge in [-0.05, 0) is 0 Å². The van der Waals surface area contributed by atoms with E-state index in [9.17, 15) is 4.79 Å². The number of carbonyl (C=O) groups is 1. The van der Waals surface area contributed by atoms with Crippen molar-refractivity contribution in [1.82, 2.24) is 25.5 Å². The number of nitrogens with zero attached hydrogens (tertiary/aromatic N) is 3. The molecule has 2 aromatic heterocycles. The number of ether oxygens (including phenoxy) is 1. The minimum Gasteiger partial charge on any atom is -0.383 e. The van der Waals surface area contributed by atoms with Crippen LogP contribution in [0.1, 0.15) is 0 Å². The van der Waals surface area contributed by atoms with Gasteiger partial charge in [-0.3, -0.25) is 9.89 Å². The molecular formula is C11H17N7O2. The zero-order valence-corrected chi connectivity index (χ0v) is 11.4. The van der Waals surface area contributed by atoms with Crippen LogP contribution in [-0.2, 0) is 9.53 Å². The smallest absolute Gasteiger partial charge is 0.239 e. The van der Waals surface area contributed by atoms with E-state index in [4.69, 9.17) is 4.74 Å². The molecule has 0 aliphatic rings. The number of amides is 1. The van der Waals surface area contributed by atoms with Crippen LogP contribution in [0, 0.1) is 0 Å². The normalized spacial score (nSPS) is 10.5. The van der Waals surface area contributed by atoms with E-state index in [1.54, 1.807) is 20.4 Å². The van der Waals surface area contributed by atoms with Gasteiger partial charge >= 0.3 is 0 Å². The molecule has 0 aromatic carbocycles. The summed E-state index contributed by atoms with van der Waals surface area (Å²) >= 11 is 0. The molecule has 0 spiro atoms. The van der Waals surface area contributed by atoms with Crippen molar-refractivity contribution in [3.05, 3.63) is 6.20 Å². The molecule has 1 amide bonds. The van der Waals surface area contributed by atoms with Crippen LogP contribution in [0.3, 0.4) is 0 Å². The third-order valence-electron chi connectivity index (χ3n) is 2.58. The first-order valence-electron chi connectivity index (χ1n) is 6.13. The van der Waals surface area contributed by atoms with Crippen LogP contribution in [0.5, 0.6) is 0 Å². The number of aromatic nitrogens is 4. The summed E-state index contributed by atoms with van der Waals surface area (Å²) in [5, 5.41) is 15.9. The van der Waals surface area contributed by atoms with Crippen LogP contribution in [0.4, 0.5) is 11.8 Å². The number of hydrogen-bond donors (Lipinski definition) is 4. The molecular weight excluding hydrogens is 262 g/mol. The second kappa shape index (κ2) is 6.66. The van der Waals surface area contributed by atoms with Crippen LogP contribution in [0.25, 0.3) is 11.0 Å². The third-order valence-corrected chi connectivity index (χ3v) is 2.58. The molecule has 2 heterocycles. The lowest BCUT2D eigenvalue weighted by molar-refractivity contribution is -0.119. The molecule has 9 nitrogen and oxygen atoms in total. The van der Waals surface area contributed by atoms with Crippen LogP contribution in [-0.4, -0.2) is 59.9 Å². The lowest BCUT2D eigenvalue weighted by Gasteiger charge is -2.08. The van der Waals surface area contributed by atoms with E-state index in [1.165, 1.54) is 0 Å². The minimum atomic E-state index is -0.136. The fraction of sp³-hybridized carbons (Fsp3) is 0.455. The number of carbonyl (C=O) groups excluding carboxylic acids is 1. The zero-order chi connectivity index (χ0) is 14.4. The number of rotatable bonds is 7. The molecule has 0 fully saturated rings. The number of hydrogen-bond acceptors (Lipinski definition) is 7. The van der Waals surface area contributed by atoms with E-state index in [-0.39, 0.29) is 12.5 Å². The Bertz CT molecular complexity index is 583. The molecule has 0 saturated heterocycles. The molecule has 9 heteroatoms. The Kier molecular flexibility index (Phi) is 4.66. The maximum atomic E-state index is 11.6. The van der Waals surface area contributed by atoms with Crippen molar-refractivity contribution in [2.45, 2.75) is 0 Å². The van der Waals surface area contributed by atoms with Crippen LogP contribution in [0.15, 0.2) is 6.20 Å². The van der Waals surface area contributed by atoms with E-state index in [0.717, 1.165) is 5.39 Å². The molecule has 2 aromatic rings. The third kappa shape index (κ3) is 3.32. The summed E-state index contributed by atoms with van der Waals surface area (Å²) in [6.07, 6.45) is 1.61. The van der Waals surface area contributed by atoms with E-state index in [1.807, 2.05) is 0 Å². The Morgan fingerprint density at radius 1 is 1.45 bits per heavy atom. The quantitative estimate of drug-likeness (QED) is 0.508. The highest BCUT2D eigenvalue weighted by Crippen LogP contribution is 2.19. The highest BCUT2D eigenvalue weighted by atomic mass is 16.5. The van der Waals surface area contributed by atoms with E-state index >= 15 is 0 Å². The van der Waals surface area contributed by atoms with Crippen LogP contribution < -0.4 is 16.0 Å². The Hall–Kier alpha value is -2.42. The van der Waals surface area contributed by atoms with Crippen molar-refractivity contribution in [3.8, 4) is 0 Å². The van der Waals surface area contributed by atoms with Crippen LogP contribution >= 0.6 is 0 Å². The summed E-state index contributed by atoms with van der Waals surface area (Å²) in [6, 6.07) is 0. The molecule has 2 rings (SSSR count). The summed E-state index contributed by atoms with van der Waals surface area (Å²) in [5.41, 5.74) is 0.603. The standard InChI is InChI=1S/C11H17N7O2/c1-12-11-16-9(7-5-15-18-10(7)17-11)14-6-8(19)13-3-4-20-2/h5H,3-4,6H2,1-2H3,(H,13,19)(H3,12,14,15,16,17,18). The predicted octanol–water partition coefficient (Wildman–Crippen LogP) is -0.431. The first-order chi connectivity index (χ1) is 9.74. The van der Waals surface area contributed by atoms with Gasteiger partial charge < -0.3 is 20.7 Å². The maximum absolute atomic E-state index is 11.6. The summed E-state index contributed by atoms with van der Waals surface area (Å²) < 4.78 is 4.86. The van der Waals surface area contributed by atoms with Crippen molar-refractivity contribution in [2.75, 3.05) is 44.5 Å². The second-order valence-electron chi connectivity index (χ2n) is 3.97. The van der Waals surface area contributed by atoms with Gasteiger partial charge in [0.25, 0.3) is 0 Å². The number of nitrogens with one attached hydrogen (secondary N) is 4. The van der Waals surface area contributed by atoms with Crippen molar-refractivity contribution in [1.29, 1.82) is 0 Å². The van der Waals surface area contributed by atoms with Gasteiger partial charge in [-0.2, -0.15) is 15.1 Å². The molecule has 20 heavy (non-hydrogen) atoms. The van der Waals surface area contributed by atoms with Gasteiger partial charge in [-0.15, -0.1) is 0 Å². The molecule has 0 aliphatic carbocycles. The number of H-pyrrole nitrogens is 1. The molecule has 108 valence electrons. The fourth-order valence-electron chi connectivity index (χ4n) is 1.60. The van der Waals surface area contributed by atoms with Crippen molar-refractivity contribution >= 4 is 28.7 Å². The lowest BCUT2D eigenvalue weighted by Crippen LogP contribution is -2.32. The average molecular weight is 279 g/mol. The van der Waals surface area contributed by atoms with Crippen molar-refractivity contribution < 1.29 is 9.53 Å². The van der Waals surface area contributed by atoms with Gasteiger partial charge in [-0.1, -0.05) is 0 Å². The lowest BCUT2D eigenvalue weighted by atomic mass is 10.4. The summed E-state index contributed by atoms with van der Waals surface area (Å²) in [5.74, 6) is 0.863. The van der Waals surface area contributed by atoms with Gasteiger partial charge in [0, 0.05) is 20.7 Å². The largest absolute Gasteiger partial charge is 0.383 e. The average Bonchev–Trinajstić information content (AvgIpc) is 2.93. The van der Waals surface area contributed by atoms with Crippen LogP contribution in [0.2, 0.25) is 0 Å². The van der Waals surface area contributed by atoms with E-state index in [2.05, 4.69) is 36.1 Å². The monoisotopic (exact) mass is 279 g/mol. The molecule has 4 N–H and O–H groups in total. The topological polar surface area (TPSA) is 117 Å². The van der Waals surface area contributed by atoms with Gasteiger partial charge in [0.15, 0.2) is 5.65 Å². The summed E-state index contributed by atoms with van der Waals surface area (Å²) in [6.45, 7) is 1.07. The van der Waals surface area contributed by atoms with E-state index in [0.29, 0.717) is 30.6 Å². The first-order valence-corrected chi connectivity index (χ1v) is 6.13. The Labute approximate surface area is 115 Å². The summed E-state index contributed by atoms with van der Waals surface area (Å²) in [4.78, 5) is 20.1. The van der Waals surface area contributed by atoms with Gasteiger partial charge in [0.2, 0.25) is 11.9 Å². The molecule has 0 saturated carbocycles. The number of methoxy groups -OCH3 is 1. The van der Waals surface area contributed by atoms with Gasteiger partial charge in [0.05, 0.1) is 24.7 Å². The molecule has 0 aliphatic heterocycles. The van der Waals surface area contributed by atoms with Gasteiger partial charge in [-0.25, -0.2) is 0 Å². The van der Waals surface area contributed by atoms with E-state index < -0.39 is 0 Å². The number of aromatic amines is 1. The highest BCUT2D eigenvalue weighted by molar-refractivity contribution is 5.89. The highest BCUT2D eigenvalue weighted by Gasteiger charge is 2.09. The molecule has 0 radical (unpaired) electrons. The van der Waals surface area contributed by atoms with Gasteiger partial charge in [0.1, 0.15) is 5.82 Å². The molecule has 0 bridgehead atoms. The fourth-order valence-corrected chi connectivity index (χ4v) is 1.60. The maximum Gasteiger partial charge on any atom is 0.239 e. The van der Waals surface area contributed by atoms with Crippen molar-refractivity contribution in [2.24, 2.45) is 0 Å². The molecule has 0 unspecified atom stereocenters. The Balaban J connectivity index is 2.01. The first kappa shape index (κ1) is 14.0. The summed E-state index contributed by atoms with van der Waals surface area (Å²) in [7, 11) is 3.30. The Morgan fingerprint density at radius 2 is 2.30 bits per heavy atom. The second-order valence-corrected chi connectivity index (χ2v) is 3.97. The molecule has 0 atom stereocenters. The predicted molar refractivity (Wildman–Crippen MR) is 74.6 cm³/mol. The zero-order valence-electron chi connectivity index (χ0n) is 11.4. The Morgan fingerprint density at radius 3 is 3.05 bits per heavy atom. The minimum absolute atomic E-state index is 0.115. The SMILES string of the molecule is CNc1nc(NCC(=O)NCCOC)c2cn[nH]c2n1. The number of fused-ring (bicyclic) bond motifs is 1. The van der Waals surface area contributed by atoms with Crippen molar-refractivity contribution in [3.63, 3.8) is 0 Å².